The van der Waals surface area contributed by atoms with E-state index in [0.29, 0.717) is 5.69 Å². The average Bonchev–Trinajstić information content (AvgIpc) is 3.20. The lowest BCUT2D eigenvalue weighted by Gasteiger charge is -2.36. The van der Waals surface area contributed by atoms with Gasteiger partial charge in [0.05, 0.1) is 6.21 Å². The van der Waals surface area contributed by atoms with Crippen molar-refractivity contribution in [1.29, 1.82) is 0 Å². The molecule has 1 N–H and O–H groups in total. The monoisotopic (exact) mass is 353 g/mol. The van der Waals surface area contributed by atoms with Crippen LogP contribution in [0.5, 0.6) is 0 Å². The van der Waals surface area contributed by atoms with Crippen LogP contribution in [-0.2, 0) is 5.54 Å². The number of hydrogen-bond acceptors (Lipinski definition) is 3. The molecule has 3 aromatic carbocycles. The van der Waals surface area contributed by atoms with Crippen LogP contribution in [0.15, 0.2) is 108 Å². The summed E-state index contributed by atoms with van der Waals surface area (Å²) in [7, 11) is 0. The zero-order chi connectivity index (χ0) is 18.5. The lowest BCUT2D eigenvalue weighted by molar-refractivity contribution is 0.321. The molecule has 0 aliphatic carbocycles. The molecule has 4 rings (SSSR count). The third-order valence-electron chi connectivity index (χ3n) is 4.72. The van der Waals surface area contributed by atoms with E-state index in [2.05, 4.69) is 41.6 Å². The molecule has 0 radical (unpaired) electrons. The predicted octanol–water partition coefficient (Wildman–Crippen LogP) is 4.53. The van der Waals surface area contributed by atoms with Gasteiger partial charge in [-0.25, -0.2) is 0 Å². The summed E-state index contributed by atoms with van der Waals surface area (Å²) in [5, 5.41) is 16.7. The fourth-order valence-electron chi connectivity index (χ4n) is 3.59. The van der Waals surface area contributed by atoms with E-state index in [4.69, 9.17) is 10.3 Å². The van der Waals surface area contributed by atoms with E-state index in [0.717, 1.165) is 16.7 Å². The highest BCUT2D eigenvalue weighted by Crippen LogP contribution is 2.40. The van der Waals surface area contributed by atoms with Gasteiger partial charge in [-0.15, -0.1) is 0 Å². The van der Waals surface area contributed by atoms with Crippen molar-refractivity contribution >= 4 is 6.21 Å². The highest BCUT2D eigenvalue weighted by molar-refractivity contribution is 5.76. The van der Waals surface area contributed by atoms with Crippen LogP contribution in [0.25, 0.3) is 0 Å². The summed E-state index contributed by atoms with van der Waals surface area (Å²) < 4.78 is 1.93. The first-order valence-corrected chi connectivity index (χ1v) is 8.76. The lowest BCUT2D eigenvalue weighted by atomic mass is 9.77. The molecule has 0 aliphatic rings. The average molecular weight is 353 g/mol. The smallest absolute Gasteiger partial charge is 0.138 e. The highest BCUT2D eigenvalue weighted by atomic mass is 16.4. The van der Waals surface area contributed by atoms with E-state index >= 15 is 0 Å². The number of rotatable bonds is 5. The molecule has 0 bridgehead atoms. The fourth-order valence-corrected chi connectivity index (χ4v) is 3.59. The second-order valence-electron chi connectivity index (χ2n) is 6.24. The van der Waals surface area contributed by atoms with Crippen LogP contribution in [0.3, 0.4) is 0 Å². The lowest BCUT2D eigenvalue weighted by Crippen LogP contribution is -2.38. The Labute approximate surface area is 158 Å². The van der Waals surface area contributed by atoms with Gasteiger partial charge in [-0.05, 0) is 22.8 Å². The van der Waals surface area contributed by atoms with Crippen molar-refractivity contribution in [2.24, 2.45) is 5.16 Å². The summed E-state index contributed by atoms with van der Waals surface area (Å²) in [6, 6.07) is 32.8. The van der Waals surface area contributed by atoms with Crippen molar-refractivity contribution < 1.29 is 5.21 Å². The molecule has 0 atom stereocenters. The van der Waals surface area contributed by atoms with Crippen LogP contribution in [0.1, 0.15) is 22.4 Å². The van der Waals surface area contributed by atoms with Gasteiger partial charge in [-0.3, -0.25) is 4.68 Å². The van der Waals surface area contributed by atoms with Crippen molar-refractivity contribution in [2.75, 3.05) is 0 Å². The fraction of sp³-hybridized carbons (Fsp3) is 0.0435. The Kier molecular flexibility index (Phi) is 4.54. The SMILES string of the molecule is ON=Cc1ccn(C(c2ccccc2)(c2ccccc2)c2ccccc2)n1. The Hall–Kier alpha value is -3.66. The summed E-state index contributed by atoms with van der Waals surface area (Å²) in [5.41, 5.74) is 3.23. The van der Waals surface area contributed by atoms with Gasteiger partial charge < -0.3 is 5.21 Å². The largest absolute Gasteiger partial charge is 0.411 e. The van der Waals surface area contributed by atoms with Gasteiger partial charge in [0.15, 0.2) is 0 Å². The Morgan fingerprint density at radius 1 is 0.704 bits per heavy atom. The van der Waals surface area contributed by atoms with Gasteiger partial charge in [0, 0.05) is 6.20 Å². The van der Waals surface area contributed by atoms with Gasteiger partial charge in [-0.1, -0.05) is 96.2 Å². The maximum atomic E-state index is 8.90. The number of oxime groups is 1. The molecule has 4 nitrogen and oxygen atoms in total. The molecule has 4 aromatic rings. The van der Waals surface area contributed by atoms with Crippen molar-refractivity contribution in [1.82, 2.24) is 9.78 Å². The second kappa shape index (κ2) is 7.30. The third-order valence-corrected chi connectivity index (χ3v) is 4.72. The van der Waals surface area contributed by atoms with Crippen molar-refractivity contribution in [3.05, 3.63) is 126 Å². The summed E-state index contributed by atoms with van der Waals surface area (Å²) in [6.07, 6.45) is 3.26. The van der Waals surface area contributed by atoms with Crippen LogP contribution in [0.2, 0.25) is 0 Å². The predicted molar refractivity (Wildman–Crippen MR) is 106 cm³/mol. The van der Waals surface area contributed by atoms with Crippen LogP contribution in [0, 0.1) is 0 Å². The summed E-state index contributed by atoms with van der Waals surface area (Å²) in [6.45, 7) is 0. The van der Waals surface area contributed by atoms with Crippen molar-refractivity contribution in [2.45, 2.75) is 5.54 Å². The van der Waals surface area contributed by atoms with E-state index in [1.165, 1.54) is 6.21 Å². The van der Waals surface area contributed by atoms with Crippen LogP contribution in [-0.4, -0.2) is 21.2 Å². The maximum absolute atomic E-state index is 8.90. The second-order valence-corrected chi connectivity index (χ2v) is 6.24. The van der Waals surface area contributed by atoms with Gasteiger partial charge in [0.1, 0.15) is 11.2 Å². The molecule has 1 aromatic heterocycles. The maximum Gasteiger partial charge on any atom is 0.138 e. The van der Waals surface area contributed by atoms with E-state index < -0.39 is 5.54 Å². The Balaban J connectivity index is 2.09. The molecule has 132 valence electrons. The molecule has 0 spiro atoms. The quantitative estimate of drug-likeness (QED) is 0.248. The van der Waals surface area contributed by atoms with Gasteiger partial charge in [0.25, 0.3) is 0 Å². The van der Waals surface area contributed by atoms with Crippen LogP contribution in [0.4, 0.5) is 0 Å². The van der Waals surface area contributed by atoms with E-state index in [9.17, 15) is 0 Å². The van der Waals surface area contributed by atoms with Gasteiger partial charge in [-0.2, -0.15) is 5.10 Å². The normalized spacial score (nSPS) is 11.7. The molecular weight excluding hydrogens is 334 g/mol. The van der Waals surface area contributed by atoms with E-state index in [1.54, 1.807) is 0 Å². The minimum atomic E-state index is -0.647. The molecule has 0 amide bonds. The molecule has 1 heterocycles. The standard InChI is InChI=1S/C23H19N3O/c27-24-18-22-16-17-26(25-22)23(19-10-4-1-5-11-19,20-12-6-2-7-13-20)21-14-8-3-9-15-21/h1-18,27H. The first-order chi connectivity index (χ1) is 13.4. The molecular formula is C23H19N3O. The third kappa shape index (κ3) is 2.91. The van der Waals surface area contributed by atoms with E-state index in [-0.39, 0.29) is 0 Å². The molecule has 0 saturated heterocycles. The number of hydrogen-bond donors (Lipinski definition) is 1. The molecule has 0 saturated carbocycles. The number of nitrogens with zero attached hydrogens (tertiary/aromatic N) is 3. The Morgan fingerprint density at radius 2 is 1.15 bits per heavy atom. The number of benzene rings is 3. The van der Waals surface area contributed by atoms with Crippen molar-refractivity contribution in [3.63, 3.8) is 0 Å². The van der Waals surface area contributed by atoms with Gasteiger partial charge >= 0.3 is 0 Å². The Bertz CT molecular complexity index is 928. The Morgan fingerprint density at radius 3 is 1.56 bits per heavy atom. The van der Waals surface area contributed by atoms with Crippen LogP contribution < -0.4 is 0 Å². The first kappa shape index (κ1) is 16.8. The first-order valence-electron chi connectivity index (χ1n) is 8.76. The number of aromatic nitrogens is 2. The zero-order valence-corrected chi connectivity index (χ0v) is 14.7. The van der Waals surface area contributed by atoms with Crippen molar-refractivity contribution in [3.8, 4) is 0 Å². The minimum absolute atomic E-state index is 0.588. The summed E-state index contributed by atoms with van der Waals surface area (Å²) >= 11 is 0. The highest BCUT2D eigenvalue weighted by Gasteiger charge is 2.39. The zero-order valence-electron chi connectivity index (χ0n) is 14.7. The molecule has 0 aliphatic heterocycles. The molecule has 0 fully saturated rings. The minimum Gasteiger partial charge on any atom is -0.411 e. The van der Waals surface area contributed by atoms with E-state index in [1.807, 2.05) is 71.5 Å². The molecule has 4 heteroatoms. The molecule has 0 unspecified atom stereocenters. The van der Waals surface area contributed by atoms with Gasteiger partial charge in [0.2, 0.25) is 0 Å². The molecule has 27 heavy (non-hydrogen) atoms. The summed E-state index contributed by atoms with van der Waals surface area (Å²) in [5.74, 6) is 0. The summed E-state index contributed by atoms with van der Waals surface area (Å²) in [4.78, 5) is 0. The topological polar surface area (TPSA) is 50.4 Å². The van der Waals surface area contributed by atoms with Crippen LogP contribution >= 0.6 is 0 Å².